The minimum absolute atomic E-state index is 0.388. The lowest BCUT2D eigenvalue weighted by molar-refractivity contribution is -0.137. The summed E-state index contributed by atoms with van der Waals surface area (Å²) in [5.41, 5.74) is 0.864. The summed E-state index contributed by atoms with van der Waals surface area (Å²) in [5.74, 6) is -1.13. The molecule has 1 amide bonds. The van der Waals surface area contributed by atoms with Crippen LogP contribution in [0.1, 0.15) is 26.3 Å². The van der Waals surface area contributed by atoms with Crippen molar-refractivity contribution in [1.29, 1.82) is 0 Å². The Morgan fingerprint density at radius 2 is 1.90 bits per heavy atom. The van der Waals surface area contributed by atoms with Gasteiger partial charge >= 0.3 is 12.1 Å². The molecule has 0 radical (unpaired) electrons. The third-order valence-electron chi connectivity index (χ3n) is 2.92. The van der Waals surface area contributed by atoms with E-state index in [0.29, 0.717) is 16.8 Å². The van der Waals surface area contributed by atoms with Crippen LogP contribution in [0, 0.1) is 0 Å². The fourth-order valence-corrected chi connectivity index (χ4v) is 2.17. The second-order valence-electron chi connectivity index (χ2n) is 5.63. The number of amides is 1. The molecule has 0 spiro atoms. The van der Waals surface area contributed by atoms with E-state index in [1.54, 1.807) is 45.0 Å². The Hall–Kier alpha value is -2.30. The molecule has 1 aliphatic rings. The molecule has 2 rings (SSSR count). The zero-order valence-corrected chi connectivity index (χ0v) is 11.7. The van der Waals surface area contributed by atoms with Crippen molar-refractivity contribution in [3.63, 3.8) is 0 Å². The van der Waals surface area contributed by atoms with Gasteiger partial charge in [0, 0.05) is 5.56 Å². The van der Waals surface area contributed by atoms with E-state index in [4.69, 9.17) is 4.74 Å². The van der Waals surface area contributed by atoms with Gasteiger partial charge < -0.3 is 9.84 Å². The van der Waals surface area contributed by atoms with Crippen molar-refractivity contribution in [1.82, 2.24) is 0 Å². The summed E-state index contributed by atoms with van der Waals surface area (Å²) in [7, 11) is 0. The van der Waals surface area contributed by atoms with Crippen LogP contribution < -0.4 is 4.90 Å². The third-order valence-corrected chi connectivity index (χ3v) is 2.92. The van der Waals surface area contributed by atoms with Crippen LogP contribution in [0.2, 0.25) is 0 Å². The van der Waals surface area contributed by atoms with E-state index in [9.17, 15) is 14.7 Å². The zero-order chi connectivity index (χ0) is 15.1. The molecular weight excluding hydrogens is 258 g/mol. The quantitative estimate of drug-likeness (QED) is 0.855. The fourth-order valence-electron chi connectivity index (χ4n) is 2.17. The van der Waals surface area contributed by atoms with Crippen molar-refractivity contribution in [2.24, 2.45) is 0 Å². The first-order valence-electron chi connectivity index (χ1n) is 6.25. The van der Waals surface area contributed by atoms with Gasteiger partial charge in [0.25, 0.3) is 0 Å². The average Bonchev–Trinajstić information content (AvgIpc) is 2.61. The van der Waals surface area contributed by atoms with E-state index in [2.05, 4.69) is 6.58 Å². The van der Waals surface area contributed by atoms with Crippen molar-refractivity contribution in [2.45, 2.75) is 32.4 Å². The Balaban J connectivity index is 2.45. The Labute approximate surface area is 117 Å². The third kappa shape index (κ3) is 2.39. The molecule has 1 unspecified atom stereocenters. The fraction of sp³-hybridized carbons (Fsp3) is 0.333. The number of benzene rings is 1. The average molecular weight is 275 g/mol. The van der Waals surface area contributed by atoms with Crippen molar-refractivity contribution in [3.05, 3.63) is 36.4 Å². The Kier molecular flexibility index (Phi) is 3.29. The minimum Gasteiger partial charge on any atom is -0.479 e. The largest absolute Gasteiger partial charge is 0.479 e. The molecule has 1 heterocycles. The lowest BCUT2D eigenvalue weighted by Gasteiger charge is -2.27. The molecule has 1 atom stereocenters. The van der Waals surface area contributed by atoms with Gasteiger partial charge in [-0.3, -0.25) is 4.90 Å². The van der Waals surface area contributed by atoms with Gasteiger partial charge in [-0.15, -0.1) is 0 Å². The van der Waals surface area contributed by atoms with Crippen LogP contribution in [0.5, 0.6) is 0 Å². The van der Waals surface area contributed by atoms with Crippen molar-refractivity contribution >= 4 is 23.3 Å². The van der Waals surface area contributed by atoms with Crippen LogP contribution in [-0.2, 0) is 9.53 Å². The summed E-state index contributed by atoms with van der Waals surface area (Å²) >= 11 is 0. The van der Waals surface area contributed by atoms with Crippen molar-refractivity contribution in [3.8, 4) is 0 Å². The first-order valence-corrected chi connectivity index (χ1v) is 6.25. The van der Waals surface area contributed by atoms with E-state index in [1.807, 2.05) is 0 Å². The van der Waals surface area contributed by atoms with Gasteiger partial charge in [0.05, 0.1) is 5.69 Å². The predicted octanol–water partition coefficient (Wildman–Crippen LogP) is 2.91. The van der Waals surface area contributed by atoms with Crippen LogP contribution >= 0.6 is 0 Å². The van der Waals surface area contributed by atoms with E-state index >= 15 is 0 Å². The number of aliphatic carboxylic acids is 1. The summed E-state index contributed by atoms with van der Waals surface area (Å²) in [4.78, 5) is 24.9. The van der Waals surface area contributed by atoms with Crippen LogP contribution in [0.4, 0.5) is 10.5 Å². The standard InChI is InChI=1S/C15H17NO4/c1-9-10-7-5-6-8-11(10)16(12(9)13(17)18)14(19)20-15(2,3)4/h5-8,12H,1H2,2-4H3,(H,17,18). The summed E-state index contributed by atoms with van der Waals surface area (Å²) in [6.07, 6.45) is -0.684. The van der Waals surface area contributed by atoms with Gasteiger partial charge in [-0.25, -0.2) is 9.59 Å². The van der Waals surface area contributed by atoms with Crippen molar-refractivity contribution in [2.75, 3.05) is 4.90 Å². The SMILES string of the molecule is C=C1c2ccccc2N(C(=O)OC(C)(C)C)C1C(=O)O. The molecule has 5 nitrogen and oxygen atoms in total. The number of fused-ring (bicyclic) bond motifs is 1. The highest BCUT2D eigenvalue weighted by molar-refractivity contribution is 6.10. The molecule has 0 aromatic heterocycles. The molecule has 1 aromatic carbocycles. The zero-order valence-electron chi connectivity index (χ0n) is 11.7. The van der Waals surface area contributed by atoms with Crippen LogP contribution in [0.25, 0.3) is 5.57 Å². The highest BCUT2D eigenvalue weighted by atomic mass is 16.6. The van der Waals surface area contributed by atoms with E-state index < -0.39 is 23.7 Å². The number of carbonyl (C=O) groups excluding carboxylic acids is 1. The maximum Gasteiger partial charge on any atom is 0.415 e. The molecule has 0 bridgehead atoms. The van der Waals surface area contributed by atoms with E-state index in [1.165, 1.54) is 0 Å². The number of rotatable bonds is 1. The number of para-hydroxylation sites is 1. The number of carboxylic acid groups (broad SMARTS) is 1. The lowest BCUT2D eigenvalue weighted by Crippen LogP contribution is -2.44. The number of ether oxygens (including phenoxy) is 1. The van der Waals surface area contributed by atoms with Crippen LogP contribution in [-0.4, -0.2) is 28.8 Å². The lowest BCUT2D eigenvalue weighted by atomic mass is 10.0. The molecule has 0 aliphatic carbocycles. The smallest absolute Gasteiger partial charge is 0.415 e. The second-order valence-corrected chi connectivity index (χ2v) is 5.63. The van der Waals surface area contributed by atoms with Gasteiger partial charge in [-0.05, 0) is 32.4 Å². The minimum atomic E-state index is -1.13. The molecule has 0 saturated carbocycles. The number of nitrogens with zero attached hydrogens (tertiary/aromatic N) is 1. The first kappa shape index (κ1) is 14.1. The summed E-state index contributed by atoms with van der Waals surface area (Å²) in [6, 6.07) is 5.84. The van der Waals surface area contributed by atoms with Crippen LogP contribution in [0.15, 0.2) is 30.8 Å². The molecular formula is C15H17NO4. The Bertz CT molecular complexity index is 586. The van der Waals surface area contributed by atoms with E-state index in [-0.39, 0.29) is 0 Å². The molecule has 0 fully saturated rings. The molecule has 5 heteroatoms. The summed E-state index contributed by atoms with van der Waals surface area (Å²) in [6.45, 7) is 9.00. The Morgan fingerprint density at radius 1 is 1.30 bits per heavy atom. The van der Waals surface area contributed by atoms with Gasteiger partial charge in [-0.2, -0.15) is 0 Å². The maximum atomic E-state index is 12.3. The number of carbonyl (C=O) groups is 2. The number of anilines is 1. The molecule has 106 valence electrons. The molecule has 1 N–H and O–H groups in total. The van der Waals surface area contributed by atoms with Gasteiger partial charge in [0.2, 0.25) is 0 Å². The molecule has 0 saturated heterocycles. The summed E-state index contributed by atoms with van der Waals surface area (Å²) < 4.78 is 5.29. The van der Waals surface area contributed by atoms with Gasteiger partial charge in [0.15, 0.2) is 6.04 Å². The molecule has 1 aliphatic heterocycles. The summed E-state index contributed by atoms with van der Waals surface area (Å²) in [5, 5.41) is 9.36. The Morgan fingerprint density at radius 3 is 2.45 bits per heavy atom. The highest BCUT2D eigenvalue weighted by Crippen LogP contribution is 2.40. The number of hydrogen-bond donors (Lipinski definition) is 1. The van der Waals surface area contributed by atoms with Gasteiger partial charge in [0.1, 0.15) is 5.60 Å². The molecule has 1 aromatic rings. The molecule has 20 heavy (non-hydrogen) atoms. The predicted molar refractivity (Wildman–Crippen MR) is 75.6 cm³/mol. The first-order chi connectivity index (χ1) is 9.22. The van der Waals surface area contributed by atoms with E-state index in [0.717, 1.165) is 4.90 Å². The van der Waals surface area contributed by atoms with Gasteiger partial charge in [-0.1, -0.05) is 24.8 Å². The van der Waals surface area contributed by atoms with Crippen molar-refractivity contribution < 1.29 is 19.4 Å². The number of carboxylic acids is 1. The topological polar surface area (TPSA) is 66.8 Å². The highest BCUT2D eigenvalue weighted by Gasteiger charge is 2.43. The van der Waals surface area contributed by atoms with Crippen LogP contribution in [0.3, 0.4) is 0 Å². The number of hydrogen-bond acceptors (Lipinski definition) is 3. The maximum absolute atomic E-state index is 12.3. The second kappa shape index (κ2) is 4.67. The monoisotopic (exact) mass is 275 g/mol. The normalized spacial score (nSPS) is 17.9.